The summed E-state index contributed by atoms with van der Waals surface area (Å²) < 4.78 is 28.3. The highest BCUT2D eigenvalue weighted by Crippen LogP contribution is 2.22. The molecule has 1 aliphatic heterocycles. The fourth-order valence-corrected chi connectivity index (χ4v) is 4.63. The van der Waals surface area contributed by atoms with Gasteiger partial charge in [-0.3, -0.25) is 4.79 Å². The van der Waals surface area contributed by atoms with Crippen LogP contribution in [0.4, 0.5) is 0 Å². The van der Waals surface area contributed by atoms with Gasteiger partial charge in [0.15, 0.2) is 9.84 Å². The normalized spacial score (nSPS) is 19.2. The number of aromatic nitrogens is 2. The number of amides is 1. The number of rotatable bonds is 6. The molecule has 0 spiro atoms. The molecule has 3 rings (SSSR count). The molecule has 128 valence electrons. The van der Waals surface area contributed by atoms with Crippen LogP contribution < -0.4 is 5.32 Å². The first-order chi connectivity index (χ1) is 11.5. The van der Waals surface area contributed by atoms with Crippen LogP contribution in [0.15, 0.2) is 34.7 Å². The topological polar surface area (TPSA) is 102 Å². The summed E-state index contributed by atoms with van der Waals surface area (Å²) in [5.41, 5.74) is 0.824. The molecule has 1 aliphatic rings. The second-order valence-corrected chi connectivity index (χ2v) is 8.18. The zero-order chi connectivity index (χ0) is 17.0. The Hall–Kier alpha value is -2.22. The molecule has 24 heavy (non-hydrogen) atoms. The van der Waals surface area contributed by atoms with Crippen molar-refractivity contribution in [1.82, 2.24) is 15.5 Å². The van der Waals surface area contributed by atoms with E-state index in [1.54, 1.807) is 0 Å². The number of nitrogens with zero attached hydrogens (tertiary/aromatic N) is 2. The third kappa shape index (κ3) is 4.41. The predicted molar refractivity (Wildman–Crippen MR) is 87.6 cm³/mol. The van der Waals surface area contributed by atoms with Crippen LogP contribution in [0, 0.1) is 5.92 Å². The summed E-state index contributed by atoms with van der Waals surface area (Å²) in [6.07, 6.45) is 1.55. The SMILES string of the molecule is O=C(CCC1CCS(=O)(=O)C1)NCc1nnc(-c2ccccc2)o1. The van der Waals surface area contributed by atoms with E-state index >= 15 is 0 Å². The summed E-state index contributed by atoms with van der Waals surface area (Å²) in [7, 11) is -2.89. The smallest absolute Gasteiger partial charge is 0.247 e. The largest absolute Gasteiger partial charge is 0.419 e. The molecule has 1 saturated heterocycles. The monoisotopic (exact) mass is 349 g/mol. The lowest BCUT2D eigenvalue weighted by Crippen LogP contribution is -2.23. The average Bonchev–Trinajstić information content (AvgIpc) is 3.18. The van der Waals surface area contributed by atoms with Crippen molar-refractivity contribution in [2.45, 2.75) is 25.8 Å². The molecule has 1 amide bonds. The minimum absolute atomic E-state index is 0.0915. The molecule has 1 unspecified atom stereocenters. The fraction of sp³-hybridized carbons (Fsp3) is 0.438. The summed E-state index contributed by atoms with van der Waals surface area (Å²) in [5, 5.41) is 10.6. The van der Waals surface area contributed by atoms with Gasteiger partial charge in [0.2, 0.25) is 17.7 Å². The second kappa shape index (κ2) is 7.12. The average molecular weight is 349 g/mol. The standard InChI is InChI=1S/C16H19N3O4S/c20-14(7-6-12-8-9-24(21,22)11-12)17-10-15-18-19-16(23-15)13-4-2-1-3-5-13/h1-5,12H,6-11H2,(H,17,20). The number of hydrogen-bond acceptors (Lipinski definition) is 6. The minimum atomic E-state index is -2.89. The molecule has 1 N–H and O–H groups in total. The fourth-order valence-electron chi connectivity index (χ4n) is 2.72. The van der Waals surface area contributed by atoms with Crippen LogP contribution >= 0.6 is 0 Å². The molecule has 1 aromatic heterocycles. The molecular formula is C16H19N3O4S. The molecular weight excluding hydrogens is 330 g/mol. The van der Waals surface area contributed by atoms with E-state index in [4.69, 9.17) is 4.42 Å². The van der Waals surface area contributed by atoms with Crippen molar-refractivity contribution in [2.24, 2.45) is 5.92 Å². The second-order valence-electron chi connectivity index (χ2n) is 5.95. The number of benzene rings is 1. The molecule has 0 bridgehead atoms. The van der Waals surface area contributed by atoms with Crippen molar-refractivity contribution in [1.29, 1.82) is 0 Å². The summed E-state index contributed by atoms with van der Waals surface area (Å²) in [5.74, 6) is 1.14. The lowest BCUT2D eigenvalue weighted by molar-refractivity contribution is -0.121. The number of nitrogens with one attached hydrogen (secondary N) is 1. The number of hydrogen-bond donors (Lipinski definition) is 1. The van der Waals surface area contributed by atoms with Crippen molar-refractivity contribution < 1.29 is 17.6 Å². The van der Waals surface area contributed by atoms with Gasteiger partial charge in [0.05, 0.1) is 18.1 Å². The highest BCUT2D eigenvalue weighted by atomic mass is 32.2. The number of carbonyl (C=O) groups excluding carboxylic acids is 1. The molecule has 0 saturated carbocycles. The van der Waals surface area contributed by atoms with Crippen LogP contribution in [0.3, 0.4) is 0 Å². The van der Waals surface area contributed by atoms with E-state index in [1.165, 1.54) is 0 Å². The first kappa shape index (κ1) is 16.6. The molecule has 1 fully saturated rings. The zero-order valence-corrected chi connectivity index (χ0v) is 14.0. The van der Waals surface area contributed by atoms with Gasteiger partial charge in [-0.25, -0.2) is 8.42 Å². The van der Waals surface area contributed by atoms with E-state index in [9.17, 15) is 13.2 Å². The van der Waals surface area contributed by atoms with Crippen LogP contribution in [0.2, 0.25) is 0 Å². The quantitative estimate of drug-likeness (QED) is 0.849. The summed E-state index contributed by atoms with van der Waals surface area (Å²) in [6, 6.07) is 9.39. The van der Waals surface area contributed by atoms with Crippen molar-refractivity contribution in [3.63, 3.8) is 0 Å². The highest BCUT2D eigenvalue weighted by molar-refractivity contribution is 7.91. The van der Waals surface area contributed by atoms with Gasteiger partial charge in [-0.1, -0.05) is 18.2 Å². The van der Waals surface area contributed by atoms with Crippen LogP contribution in [0.5, 0.6) is 0 Å². The minimum Gasteiger partial charge on any atom is -0.419 e. The molecule has 0 aliphatic carbocycles. The highest BCUT2D eigenvalue weighted by Gasteiger charge is 2.27. The molecule has 2 heterocycles. The van der Waals surface area contributed by atoms with Crippen molar-refractivity contribution in [3.05, 3.63) is 36.2 Å². The third-order valence-electron chi connectivity index (χ3n) is 4.03. The van der Waals surface area contributed by atoms with E-state index in [-0.39, 0.29) is 29.9 Å². The van der Waals surface area contributed by atoms with Crippen LogP contribution in [0.1, 0.15) is 25.2 Å². The van der Waals surface area contributed by atoms with Gasteiger partial charge in [0, 0.05) is 12.0 Å². The Labute approximate surface area is 140 Å². The van der Waals surface area contributed by atoms with Crippen molar-refractivity contribution in [2.75, 3.05) is 11.5 Å². The van der Waals surface area contributed by atoms with Crippen LogP contribution in [-0.4, -0.2) is 36.0 Å². The Morgan fingerprint density at radius 2 is 2.04 bits per heavy atom. The molecule has 8 heteroatoms. The summed E-state index contributed by atoms with van der Waals surface area (Å²) in [6.45, 7) is 0.168. The summed E-state index contributed by atoms with van der Waals surface area (Å²) >= 11 is 0. The van der Waals surface area contributed by atoms with Gasteiger partial charge in [-0.2, -0.15) is 0 Å². The Kier molecular flexibility index (Phi) is 4.94. The van der Waals surface area contributed by atoms with E-state index in [0.29, 0.717) is 31.0 Å². The van der Waals surface area contributed by atoms with Crippen LogP contribution in [0.25, 0.3) is 11.5 Å². The van der Waals surface area contributed by atoms with Gasteiger partial charge < -0.3 is 9.73 Å². The van der Waals surface area contributed by atoms with Gasteiger partial charge in [0.1, 0.15) is 0 Å². The number of sulfone groups is 1. The first-order valence-corrected chi connectivity index (χ1v) is 9.69. The Morgan fingerprint density at radius 3 is 2.75 bits per heavy atom. The van der Waals surface area contributed by atoms with Gasteiger partial charge in [0.25, 0.3) is 0 Å². The third-order valence-corrected chi connectivity index (χ3v) is 5.87. The summed E-state index contributed by atoms with van der Waals surface area (Å²) in [4.78, 5) is 11.9. The lowest BCUT2D eigenvalue weighted by atomic mass is 10.0. The van der Waals surface area contributed by atoms with E-state index < -0.39 is 9.84 Å². The maximum atomic E-state index is 11.9. The zero-order valence-electron chi connectivity index (χ0n) is 13.1. The molecule has 1 atom stereocenters. The first-order valence-electron chi connectivity index (χ1n) is 7.87. The Balaban J connectivity index is 1.44. The van der Waals surface area contributed by atoms with E-state index in [0.717, 1.165) is 5.56 Å². The van der Waals surface area contributed by atoms with Crippen molar-refractivity contribution >= 4 is 15.7 Å². The van der Waals surface area contributed by atoms with E-state index in [1.807, 2.05) is 30.3 Å². The predicted octanol–water partition coefficient (Wildman–Crippen LogP) is 1.57. The van der Waals surface area contributed by atoms with Crippen molar-refractivity contribution in [3.8, 4) is 11.5 Å². The molecule has 0 radical (unpaired) electrons. The van der Waals surface area contributed by atoms with Crippen LogP contribution in [-0.2, 0) is 21.2 Å². The molecule has 2 aromatic rings. The molecule has 1 aromatic carbocycles. The van der Waals surface area contributed by atoms with E-state index in [2.05, 4.69) is 15.5 Å². The molecule has 7 nitrogen and oxygen atoms in total. The lowest BCUT2D eigenvalue weighted by Gasteiger charge is -2.07. The Morgan fingerprint density at radius 1 is 1.25 bits per heavy atom. The number of carbonyl (C=O) groups is 1. The van der Waals surface area contributed by atoms with Gasteiger partial charge >= 0.3 is 0 Å². The Bertz CT molecular complexity index is 802. The van der Waals surface area contributed by atoms with Gasteiger partial charge in [-0.15, -0.1) is 10.2 Å². The maximum absolute atomic E-state index is 11.9. The van der Waals surface area contributed by atoms with Gasteiger partial charge in [-0.05, 0) is 30.9 Å². The maximum Gasteiger partial charge on any atom is 0.247 e.